The van der Waals surface area contributed by atoms with Crippen LogP contribution in [0.25, 0.3) is 16.8 Å². The lowest BCUT2D eigenvalue weighted by Crippen LogP contribution is -2.22. The highest BCUT2D eigenvalue weighted by Gasteiger charge is 2.15. The van der Waals surface area contributed by atoms with Crippen LogP contribution in [0.15, 0.2) is 42.7 Å². The number of aromatic nitrogens is 3. The van der Waals surface area contributed by atoms with E-state index in [1.165, 1.54) is 32.1 Å². The summed E-state index contributed by atoms with van der Waals surface area (Å²) in [7, 11) is 0. The quantitative estimate of drug-likeness (QED) is 0.770. The Balaban J connectivity index is 1.67. The molecule has 1 fully saturated rings. The van der Waals surface area contributed by atoms with Crippen molar-refractivity contribution in [3.05, 3.63) is 48.3 Å². The van der Waals surface area contributed by atoms with Crippen molar-refractivity contribution in [1.82, 2.24) is 14.6 Å². The van der Waals surface area contributed by atoms with Gasteiger partial charge in [0, 0.05) is 17.8 Å². The fraction of sp³-hybridized carbons (Fsp3) is 0.368. The molecule has 0 unspecified atom stereocenters. The van der Waals surface area contributed by atoms with E-state index >= 15 is 0 Å². The van der Waals surface area contributed by atoms with Gasteiger partial charge in [0.1, 0.15) is 5.82 Å². The number of hydrogen-bond acceptors (Lipinski definition) is 4. The first-order valence-electron chi connectivity index (χ1n) is 8.64. The molecule has 0 aliphatic heterocycles. The molecule has 1 aromatic carbocycles. The molecule has 2 heterocycles. The number of anilines is 1. The predicted octanol–water partition coefficient (Wildman–Crippen LogP) is 3.63. The molecular formula is C19H22N4O. The molecule has 0 atom stereocenters. The van der Waals surface area contributed by atoms with Crippen LogP contribution in [0, 0.1) is 0 Å². The van der Waals surface area contributed by atoms with E-state index in [1.807, 2.05) is 42.7 Å². The van der Waals surface area contributed by atoms with Gasteiger partial charge in [-0.1, -0.05) is 37.5 Å². The van der Waals surface area contributed by atoms with Crippen LogP contribution in [0.2, 0.25) is 0 Å². The Morgan fingerprint density at radius 3 is 2.88 bits per heavy atom. The smallest absolute Gasteiger partial charge is 0.165 e. The Hall–Kier alpha value is -2.40. The van der Waals surface area contributed by atoms with Gasteiger partial charge in [0.05, 0.1) is 12.8 Å². The Morgan fingerprint density at radius 2 is 2.04 bits per heavy atom. The molecule has 1 aliphatic rings. The maximum absolute atomic E-state index is 9.35. The molecule has 1 aliphatic carbocycles. The predicted molar refractivity (Wildman–Crippen MR) is 94.8 cm³/mol. The zero-order valence-corrected chi connectivity index (χ0v) is 13.7. The van der Waals surface area contributed by atoms with E-state index in [-0.39, 0.29) is 6.61 Å². The molecule has 0 radical (unpaired) electrons. The average Bonchev–Trinajstić information content (AvgIpc) is 3.06. The number of nitrogens with zero attached hydrogens (tertiary/aromatic N) is 3. The van der Waals surface area contributed by atoms with Crippen molar-refractivity contribution in [2.24, 2.45) is 0 Å². The minimum atomic E-state index is 0.0367. The summed E-state index contributed by atoms with van der Waals surface area (Å²) >= 11 is 0. The van der Waals surface area contributed by atoms with Crippen LogP contribution in [0.3, 0.4) is 0 Å². The van der Waals surface area contributed by atoms with Crippen molar-refractivity contribution in [1.29, 1.82) is 0 Å². The second-order valence-corrected chi connectivity index (χ2v) is 6.48. The molecule has 24 heavy (non-hydrogen) atoms. The first kappa shape index (κ1) is 15.1. The number of nitrogens with one attached hydrogen (secondary N) is 1. The molecule has 5 heteroatoms. The number of fused-ring (bicyclic) bond motifs is 1. The number of aliphatic hydroxyl groups excluding tert-OH is 1. The summed E-state index contributed by atoms with van der Waals surface area (Å²) in [5.41, 5.74) is 3.74. The highest BCUT2D eigenvalue weighted by Crippen LogP contribution is 2.26. The largest absolute Gasteiger partial charge is 0.392 e. The van der Waals surface area contributed by atoms with Crippen molar-refractivity contribution < 1.29 is 5.11 Å². The fourth-order valence-electron chi connectivity index (χ4n) is 3.45. The van der Waals surface area contributed by atoms with Crippen molar-refractivity contribution in [3.8, 4) is 11.1 Å². The topological polar surface area (TPSA) is 62.5 Å². The Kier molecular flexibility index (Phi) is 4.17. The maximum Gasteiger partial charge on any atom is 0.165 e. The third-order valence-corrected chi connectivity index (χ3v) is 4.75. The van der Waals surface area contributed by atoms with E-state index in [2.05, 4.69) is 10.4 Å². The minimum absolute atomic E-state index is 0.0367. The van der Waals surface area contributed by atoms with Gasteiger partial charge in [0.2, 0.25) is 0 Å². The highest BCUT2D eigenvalue weighted by molar-refractivity contribution is 5.78. The second-order valence-electron chi connectivity index (χ2n) is 6.48. The Bertz CT molecular complexity index is 836. The van der Waals surface area contributed by atoms with Crippen LogP contribution in [-0.2, 0) is 6.61 Å². The summed E-state index contributed by atoms with van der Waals surface area (Å²) in [5.74, 6) is 0.912. The molecule has 0 bridgehead atoms. The lowest BCUT2D eigenvalue weighted by atomic mass is 9.95. The van der Waals surface area contributed by atoms with Gasteiger partial charge in [0.15, 0.2) is 5.65 Å². The van der Waals surface area contributed by atoms with Gasteiger partial charge in [0.25, 0.3) is 0 Å². The van der Waals surface area contributed by atoms with Gasteiger partial charge < -0.3 is 10.4 Å². The van der Waals surface area contributed by atoms with Gasteiger partial charge in [-0.2, -0.15) is 5.10 Å². The molecule has 124 valence electrons. The molecular weight excluding hydrogens is 300 g/mol. The van der Waals surface area contributed by atoms with Crippen molar-refractivity contribution >= 4 is 11.5 Å². The van der Waals surface area contributed by atoms with Crippen molar-refractivity contribution in [3.63, 3.8) is 0 Å². The third-order valence-electron chi connectivity index (χ3n) is 4.75. The Labute approximate surface area is 141 Å². The summed E-state index contributed by atoms with van der Waals surface area (Å²) < 4.78 is 1.80. The average molecular weight is 322 g/mol. The lowest BCUT2D eigenvalue weighted by molar-refractivity contribution is 0.282. The molecule has 0 spiro atoms. The van der Waals surface area contributed by atoms with Crippen molar-refractivity contribution in [2.75, 3.05) is 5.32 Å². The van der Waals surface area contributed by atoms with Crippen LogP contribution in [-0.4, -0.2) is 25.7 Å². The van der Waals surface area contributed by atoms with Crippen molar-refractivity contribution in [2.45, 2.75) is 44.8 Å². The van der Waals surface area contributed by atoms with E-state index in [0.717, 1.165) is 28.2 Å². The standard InChI is InChI=1S/C19H22N4O/c24-13-14-5-4-6-15(11-14)17-12-20-23-10-9-18(22-19(17)23)21-16-7-2-1-3-8-16/h4-6,9-12,16,24H,1-3,7-8,13H2,(H,21,22). The summed E-state index contributed by atoms with van der Waals surface area (Å²) in [5, 5.41) is 17.3. The zero-order valence-electron chi connectivity index (χ0n) is 13.7. The van der Waals surface area contributed by atoms with Gasteiger partial charge in [-0.25, -0.2) is 9.50 Å². The summed E-state index contributed by atoms with van der Waals surface area (Å²) in [6.07, 6.45) is 10.2. The molecule has 1 saturated carbocycles. The van der Waals surface area contributed by atoms with Gasteiger partial charge in [-0.15, -0.1) is 0 Å². The van der Waals surface area contributed by atoms with Gasteiger partial charge in [-0.3, -0.25) is 0 Å². The number of rotatable bonds is 4. The second kappa shape index (κ2) is 6.61. The molecule has 2 N–H and O–H groups in total. The number of hydrogen-bond donors (Lipinski definition) is 2. The number of aliphatic hydroxyl groups is 1. The fourth-order valence-corrected chi connectivity index (χ4v) is 3.45. The number of benzene rings is 1. The van der Waals surface area contributed by atoms with E-state index < -0.39 is 0 Å². The van der Waals surface area contributed by atoms with Gasteiger partial charge in [-0.05, 0) is 36.1 Å². The first-order chi connectivity index (χ1) is 11.8. The van der Waals surface area contributed by atoms with Gasteiger partial charge >= 0.3 is 0 Å². The SMILES string of the molecule is OCc1cccc(-c2cnn3ccc(NC4CCCCC4)nc23)c1. The van der Waals surface area contributed by atoms with Crippen LogP contribution < -0.4 is 5.32 Å². The molecule has 2 aromatic heterocycles. The molecule has 5 nitrogen and oxygen atoms in total. The van der Waals surface area contributed by atoms with Crippen LogP contribution >= 0.6 is 0 Å². The zero-order chi connectivity index (χ0) is 16.4. The summed E-state index contributed by atoms with van der Waals surface area (Å²) in [4.78, 5) is 4.79. The van der Waals surface area contributed by atoms with Crippen LogP contribution in [0.5, 0.6) is 0 Å². The lowest BCUT2D eigenvalue weighted by Gasteiger charge is -2.23. The minimum Gasteiger partial charge on any atom is -0.392 e. The highest BCUT2D eigenvalue weighted by atomic mass is 16.3. The van der Waals surface area contributed by atoms with E-state index in [1.54, 1.807) is 4.52 Å². The maximum atomic E-state index is 9.35. The monoisotopic (exact) mass is 322 g/mol. The summed E-state index contributed by atoms with van der Waals surface area (Å²) in [6.45, 7) is 0.0367. The van der Waals surface area contributed by atoms with E-state index in [4.69, 9.17) is 4.98 Å². The summed E-state index contributed by atoms with van der Waals surface area (Å²) in [6, 6.07) is 10.4. The van der Waals surface area contributed by atoms with Crippen LogP contribution in [0.4, 0.5) is 5.82 Å². The van der Waals surface area contributed by atoms with Crippen LogP contribution in [0.1, 0.15) is 37.7 Å². The molecule has 4 rings (SSSR count). The third kappa shape index (κ3) is 2.99. The molecule has 0 saturated heterocycles. The van der Waals surface area contributed by atoms with E-state index in [9.17, 15) is 5.11 Å². The molecule has 0 amide bonds. The molecule has 3 aromatic rings. The van der Waals surface area contributed by atoms with E-state index in [0.29, 0.717) is 6.04 Å². The normalized spacial score (nSPS) is 15.7. The first-order valence-corrected chi connectivity index (χ1v) is 8.64. The Morgan fingerprint density at radius 1 is 1.17 bits per heavy atom.